The van der Waals surface area contributed by atoms with Crippen LogP contribution in [-0.4, -0.2) is 32.7 Å². The lowest BCUT2D eigenvalue weighted by atomic mass is 9.89. The van der Waals surface area contributed by atoms with E-state index < -0.39 is 0 Å². The van der Waals surface area contributed by atoms with Gasteiger partial charge in [0.15, 0.2) is 0 Å². The summed E-state index contributed by atoms with van der Waals surface area (Å²) in [7, 11) is 0. The van der Waals surface area contributed by atoms with Gasteiger partial charge in [-0.15, -0.1) is 10.2 Å². The Labute approximate surface area is 134 Å². The third kappa shape index (κ3) is 4.34. The molecular weight excluding hydrogens is 297 g/mol. The number of halogens is 1. The van der Waals surface area contributed by atoms with Crippen molar-refractivity contribution in [3.8, 4) is 11.4 Å². The molecular formula is C16H20FN5O. The molecule has 1 N–H and O–H groups in total. The first-order valence-electron chi connectivity index (χ1n) is 8.01. The molecule has 7 heteroatoms. The molecule has 0 atom stereocenters. The Hall–Kier alpha value is -2.31. The zero-order chi connectivity index (χ0) is 16.1. The first-order chi connectivity index (χ1) is 11.2. The van der Waals surface area contributed by atoms with E-state index in [1.54, 1.807) is 12.1 Å². The fraction of sp³-hybridized carbons (Fsp3) is 0.500. The van der Waals surface area contributed by atoms with Crippen LogP contribution < -0.4 is 5.32 Å². The molecule has 2 aromatic rings. The van der Waals surface area contributed by atoms with Crippen molar-refractivity contribution in [1.82, 2.24) is 25.5 Å². The maximum Gasteiger partial charge on any atom is 0.243 e. The van der Waals surface area contributed by atoms with Crippen molar-refractivity contribution in [2.75, 3.05) is 6.54 Å². The van der Waals surface area contributed by atoms with Gasteiger partial charge in [-0.3, -0.25) is 4.79 Å². The average Bonchev–Trinajstić information content (AvgIpc) is 3.02. The third-order valence-electron chi connectivity index (χ3n) is 4.13. The Balaban J connectivity index is 1.53. The summed E-state index contributed by atoms with van der Waals surface area (Å²) in [4.78, 5) is 13.2. The molecule has 1 fully saturated rings. The van der Waals surface area contributed by atoms with E-state index in [2.05, 4.69) is 20.7 Å². The first kappa shape index (κ1) is 15.6. The first-order valence-corrected chi connectivity index (χ1v) is 8.01. The van der Waals surface area contributed by atoms with Gasteiger partial charge in [-0.25, -0.2) is 4.39 Å². The second-order valence-electron chi connectivity index (χ2n) is 5.96. The molecule has 1 aliphatic rings. The summed E-state index contributed by atoms with van der Waals surface area (Å²) in [5.41, 5.74) is 0.541. The number of hydrogen-bond acceptors (Lipinski definition) is 4. The van der Waals surface area contributed by atoms with Crippen LogP contribution in [0.4, 0.5) is 4.39 Å². The van der Waals surface area contributed by atoms with Crippen LogP contribution in [0.25, 0.3) is 11.4 Å². The summed E-state index contributed by atoms with van der Waals surface area (Å²) in [6, 6.07) is 5.98. The standard InChI is InChI=1S/C16H20FN5O/c17-14-8-4-7-13(9-14)16-19-21-22(20-16)11-15(23)18-10-12-5-2-1-3-6-12/h4,7-9,12H,1-3,5-6,10-11H2,(H,18,23). The van der Waals surface area contributed by atoms with Crippen molar-refractivity contribution < 1.29 is 9.18 Å². The van der Waals surface area contributed by atoms with E-state index in [0.29, 0.717) is 23.9 Å². The van der Waals surface area contributed by atoms with E-state index in [-0.39, 0.29) is 18.3 Å². The van der Waals surface area contributed by atoms with E-state index in [1.807, 2.05) is 0 Å². The van der Waals surface area contributed by atoms with E-state index in [9.17, 15) is 9.18 Å². The quantitative estimate of drug-likeness (QED) is 0.917. The molecule has 0 unspecified atom stereocenters. The lowest BCUT2D eigenvalue weighted by Gasteiger charge is -2.21. The number of aromatic nitrogens is 4. The highest BCUT2D eigenvalue weighted by Gasteiger charge is 2.15. The van der Waals surface area contributed by atoms with Gasteiger partial charge >= 0.3 is 0 Å². The monoisotopic (exact) mass is 317 g/mol. The SMILES string of the molecule is O=C(Cn1nnc(-c2cccc(F)c2)n1)NCC1CCCCC1. The Kier molecular flexibility index (Phi) is 4.95. The molecule has 23 heavy (non-hydrogen) atoms. The topological polar surface area (TPSA) is 72.7 Å². The van der Waals surface area contributed by atoms with Gasteiger partial charge in [0, 0.05) is 12.1 Å². The molecule has 0 spiro atoms. The van der Waals surface area contributed by atoms with Crippen molar-refractivity contribution in [3.05, 3.63) is 30.1 Å². The maximum atomic E-state index is 13.2. The van der Waals surface area contributed by atoms with Gasteiger partial charge in [-0.1, -0.05) is 31.4 Å². The summed E-state index contributed by atoms with van der Waals surface area (Å²) >= 11 is 0. The maximum absolute atomic E-state index is 13.2. The molecule has 1 aliphatic carbocycles. The normalized spacial score (nSPS) is 15.5. The molecule has 1 heterocycles. The van der Waals surface area contributed by atoms with Crippen molar-refractivity contribution in [3.63, 3.8) is 0 Å². The van der Waals surface area contributed by atoms with Gasteiger partial charge in [0.25, 0.3) is 0 Å². The smallest absolute Gasteiger partial charge is 0.243 e. The Morgan fingerprint density at radius 2 is 2.13 bits per heavy atom. The number of hydrogen-bond donors (Lipinski definition) is 1. The number of rotatable bonds is 5. The van der Waals surface area contributed by atoms with Gasteiger partial charge in [0.05, 0.1) is 0 Å². The van der Waals surface area contributed by atoms with Crippen molar-refractivity contribution in [1.29, 1.82) is 0 Å². The minimum Gasteiger partial charge on any atom is -0.354 e. The number of carbonyl (C=O) groups excluding carboxylic acids is 1. The van der Waals surface area contributed by atoms with Gasteiger partial charge in [-0.2, -0.15) is 4.80 Å². The Morgan fingerprint density at radius 1 is 1.30 bits per heavy atom. The minimum atomic E-state index is -0.357. The van der Waals surface area contributed by atoms with Crippen LogP contribution in [0.2, 0.25) is 0 Å². The number of nitrogens with one attached hydrogen (secondary N) is 1. The van der Waals surface area contributed by atoms with Gasteiger partial charge in [0.2, 0.25) is 11.7 Å². The largest absolute Gasteiger partial charge is 0.354 e. The number of amides is 1. The summed E-state index contributed by atoms with van der Waals surface area (Å²) in [6.07, 6.45) is 6.18. The molecule has 0 radical (unpaired) electrons. The molecule has 1 amide bonds. The predicted molar refractivity (Wildman–Crippen MR) is 82.8 cm³/mol. The molecule has 1 aromatic carbocycles. The number of carbonyl (C=O) groups is 1. The number of nitrogens with zero attached hydrogens (tertiary/aromatic N) is 4. The van der Waals surface area contributed by atoms with Crippen LogP contribution >= 0.6 is 0 Å². The van der Waals surface area contributed by atoms with Crippen molar-refractivity contribution >= 4 is 5.91 Å². The third-order valence-corrected chi connectivity index (χ3v) is 4.13. The van der Waals surface area contributed by atoms with E-state index in [4.69, 9.17) is 0 Å². The Bertz CT molecular complexity index is 666. The second-order valence-corrected chi connectivity index (χ2v) is 5.96. The van der Waals surface area contributed by atoms with Crippen LogP contribution in [0.15, 0.2) is 24.3 Å². The van der Waals surface area contributed by atoms with Crippen LogP contribution in [-0.2, 0) is 11.3 Å². The van der Waals surface area contributed by atoms with E-state index in [0.717, 1.165) is 0 Å². The van der Waals surface area contributed by atoms with Crippen LogP contribution in [0.1, 0.15) is 32.1 Å². The molecule has 1 saturated carbocycles. The zero-order valence-electron chi connectivity index (χ0n) is 12.9. The molecule has 0 saturated heterocycles. The van der Waals surface area contributed by atoms with Gasteiger partial charge < -0.3 is 5.32 Å². The van der Waals surface area contributed by atoms with Crippen LogP contribution in [0.5, 0.6) is 0 Å². The summed E-state index contributed by atoms with van der Waals surface area (Å²) in [6.45, 7) is 0.735. The fourth-order valence-electron chi connectivity index (χ4n) is 2.89. The van der Waals surface area contributed by atoms with Crippen LogP contribution in [0, 0.1) is 11.7 Å². The van der Waals surface area contributed by atoms with E-state index >= 15 is 0 Å². The summed E-state index contributed by atoms with van der Waals surface area (Å²) in [5.74, 6) is 0.409. The lowest BCUT2D eigenvalue weighted by Crippen LogP contribution is -2.33. The molecule has 6 nitrogen and oxygen atoms in total. The number of benzene rings is 1. The summed E-state index contributed by atoms with van der Waals surface area (Å²) in [5, 5.41) is 14.8. The number of tetrazole rings is 1. The highest BCUT2D eigenvalue weighted by atomic mass is 19.1. The zero-order valence-corrected chi connectivity index (χ0v) is 12.9. The highest BCUT2D eigenvalue weighted by molar-refractivity contribution is 5.75. The summed E-state index contributed by atoms with van der Waals surface area (Å²) < 4.78 is 13.2. The van der Waals surface area contributed by atoms with Gasteiger partial charge in [-0.05, 0) is 36.1 Å². The van der Waals surface area contributed by atoms with Crippen molar-refractivity contribution in [2.24, 2.45) is 5.92 Å². The minimum absolute atomic E-state index is 0.0229. The lowest BCUT2D eigenvalue weighted by molar-refractivity contribution is -0.122. The van der Waals surface area contributed by atoms with Gasteiger partial charge in [0.1, 0.15) is 12.4 Å². The van der Waals surface area contributed by atoms with Crippen LogP contribution in [0.3, 0.4) is 0 Å². The molecule has 122 valence electrons. The average molecular weight is 317 g/mol. The molecule has 0 aliphatic heterocycles. The van der Waals surface area contributed by atoms with Crippen molar-refractivity contribution in [2.45, 2.75) is 38.6 Å². The molecule has 1 aromatic heterocycles. The van der Waals surface area contributed by atoms with E-state index in [1.165, 1.54) is 49.0 Å². The molecule has 3 rings (SSSR count). The predicted octanol–water partition coefficient (Wildman–Crippen LogP) is 2.18. The highest BCUT2D eigenvalue weighted by Crippen LogP contribution is 2.22. The fourth-order valence-corrected chi connectivity index (χ4v) is 2.89. The Morgan fingerprint density at radius 3 is 2.91 bits per heavy atom. The molecule has 0 bridgehead atoms. The second kappa shape index (κ2) is 7.30.